The number of ether oxygens (including phenoxy) is 2. The fourth-order valence-electron chi connectivity index (χ4n) is 3.09. The lowest BCUT2D eigenvalue weighted by Gasteiger charge is -2.30. The molecule has 134 valence electrons. The molecule has 0 aliphatic carbocycles. The minimum atomic E-state index is -0.173. The summed E-state index contributed by atoms with van der Waals surface area (Å²) in [5.41, 5.74) is 1.93. The second kappa shape index (κ2) is 6.92. The molecule has 0 atom stereocenters. The number of fused-ring (bicyclic) bond motifs is 2. The Morgan fingerprint density at radius 3 is 2.77 bits per heavy atom. The average Bonchev–Trinajstić information content (AvgIpc) is 3.08. The van der Waals surface area contributed by atoms with E-state index in [0.717, 1.165) is 18.0 Å². The Labute approximate surface area is 155 Å². The second-order valence-corrected chi connectivity index (χ2v) is 7.23. The summed E-state index contributed by atoms with van der Waals surface area (Å²) in [5.74, 6) is 1.68. The van der Waals surface area contributed by atoms with Gasteiger partial charge >= 0.3 is 0 Å². The zero-order chi connectivity index (χ0) is 18.1. The number of amides is 1. The number of para-hydroxylation sites is 1. The number of Topliss-reactive ketones (excluding diaryl/α,β-unsaturated/α-hetero) is 1. The Kier molecular flexibility index (Phi) is 4.46. The van der Waals surface area contributed by atoms with E-state index in [1.807, 2.05) is 18.2 Å². The number of benzene rings is 2. The molecule has 2 aliphatic heterocycles. The Bertz CT molecular complexity index is 884. The average molecular weight is 370 g/mol. The van der Waals surface area contributed by atoms with E-state index in [4.69, 9.17) is 9.47 Å². The van der Waals surface area contributed by atoms with Gasteiger partial charge < -0.3 is 19.7 Å². The van der Waals surface area contributed by atoms with E-state index in [2.05, 4.69) is 16.3 Å². The van der Waals surface area contributed by atoms with Crippen LogP contribution >= 0.6 is 11.8 Å². The smallest absolute Gasteiger partial charge is 0.243 e. The van der Waals surface area contributed by atoms with Crippen LogP contribution in [0.1, 0.15) is 17.3 Å². The molecule has 0 radical (unpaired) electrons. The number of carbonyl (C=O) groups excluding carboxylic acids is 2. The van der Waals surface area contributed by atoms with Crippen molar-refractivity contribution in [3.63, 3.8) is 0 Å². The van der Waals surface area contributed by atoms with Crippen LogP contribution in [0.5, 0.6) is 11.5 Å². The minimum Gasteiger partial charge on any atom is -0.454 e. The topological polar surface area (TPSA) is 67.9 Å². The van der Waals surface area contributed by atoms with Crippen molar-refractivity contribution in [2.24, 2.45) is 0 Å². The fraction of sp³-hybridized carbons (Fsp3) is 0.263. The van der Waals surface area contributed by atoms with E-state index in [1.54, 1.807) is 23.9 Å². The van der Waals surface area contributed by atoms with Crippen molar-refractivity contribution in [3.05, 3.63) is 42.0 Å². The van der Waals surface area contributed by atoms with Crippen molar-refractivity contribution in [3.8, 4) is 11.5 Å². The molecule has 2 heterocycles. The predicted octanol–water partition coefficient (Wildman–Crippen LogP) is 3.17. The third-order valence-electron chi connectivity index (χ3n) is 4.33. The maximum Gasteiger partial charge on any atom is 0.243 e. The number of thioether (sulfide) groups is 1. The van der Waals surface area contributed by atoms with Crippen molar-refractivity contribution in [2.75, 3.05) is 35.9 Å². The lowest BCUT2D eigenvalue weighted by Crippen LogP contribution is -2.36. The maximum atomic E-state index is 12.6. The van der Waals surface area contributed by atoms with Gasteiger partial charge in [-0.05, 0) is 25.1 Å². The molecule has 4 rings (SSSR count). The molecule has 6 nitrogen and oxygen atoms in total. The Morgan fingerprint density at radius 2 is 1.96 bits per heavy atom. The molecule has 26 heavy (non-hydrogen) atoms. The third-order valence-corrected chi connectivity index (χ3v) is 5.37. The van der Waals surface area contributed by atoms with E-state index in [1.165, 1.54) is 11.8 Å². The van der Waals surface area contributed by atoms with Crippen LogP contribution in [0, 0.1) is 0 Å². The zero-order valence-corrected chi connectivity index (χ0v) is 15.1. The van der Waals surface area contributed by atoms with E-state index in [0.29, 0.717) is 22.7 Å². The molecule has 1 N–H and O–H groups in total. The highest BCUT2D eigenvalue weighted by molar-refractivity contribution is 7.99. The number of nitrogens with zero attached hydrogens (tertiary/aromatic N) is 1. The molecule has 7 heteroatoms. The quantitative estimate of drug-likeness (QED) is 0.834. The second-order valence-electron chi connectivity index (χ2n) is 6.09. The minimum absolute atomic E-state index is 0.117. The van der Waals surface area contributed by atoms with Gasteiger partial charge in [-0.1, -0.05) is 12.1 Å². The summed E-state index contributed by atoms with van der Waals surface area (Å²) in [6.07, 6.45) is 0. The monoisotopic (exact) mass is 370 g/mol. The predicted molar refractivity (Wildman–Crippen MR) is 101 cm³/mol. The van der Waals surface area contributed by atoms with E-state index in [9.17, 15) is 9.59 Å². The van der Waals surface area contributed by atoms with Gasteiger partial charge in [0.25, 0.3) is 0 Å². The summed E-state index contributed by atoms with van der Waals surface area (Å²) < 4.78 is 10.7. The van der Waals surface area contributed by atoms with Crippen LogP contribution in [0.15, 0.2) is 41.3 Å². The SMILES string of the molecule is CC(=O)c1cc2c(cc1NC(=O)CN1CCSc3ccccc31)OCO2. The number of rotatable bonds is 4. The summed E-state index contributed by atoms with van der Waals surface area (Å²) in [6, 6.07) is 11.3. The molecule has 0 unspecified atom stereocenters. The van der Waals surface area contributed by atoms with Crippen LogP contribution in [-0.2, 0) is 4.79 Å². The number of ketones is 1. The highest BCUT2D eigenvalue weighted by atomic mass is 32.2. The fourth-order valence-corrected chi connectivity index (χ4v) is 4.14. The van der Waals surface area contributed by atoms with Crippen LogP contribution < -0.4 is 19.7 Å². The van der Waals surface area contributed by atoms with Crippen molar-refractivity contribution in [2.45, 2.75) is 11.8 Å². The molecule has 0 saturated heterocycles. The highest BCUT2D eigenvalue weighted by Gasteiger charge is 2.22. The Balaban J connectivity index is 1.54. The highest BCUT2D eigenvalue weighted by Crippen LogP contribution is 2.37. The van der Waals surface area contributed by atoms with Gasteiger partial charge in [0.15, 0.2) is 17.3 Å². The summed E-state index contributed by atoms with van der Waals surface area (Å²) in [4.78, 5) is 27.8. The van der Waals surface area contributed by atoms with Crippen LogP contribution in [0.2, 0.25) is 0 Å². The molecule has 0 saturated carbocycles. The summed E-state index contributed by atoms with van der Waals surface area (Å²) >= 11 is 1.79. The number of nitrogens with one attached hydrogen (secondary N) is 1. The van der Waals surface area contributed by atoms with Crippen molar-refractivity contribution < 1.29 is 19.1 Å². The van der Waals surface area contributed by atoms with E-state index in [-0.39, 0.29) is 25.0 Å². The third kappa shape index (κ3) is 3.22. The van der Waals surface area contributed by atoms with Crippen molar-refractivity contribution in [1.29, 1.82) is 0 Å². The molecule has 1 amide bonds. The first-order valence-corrected chi connectivity index (χ1v) is 9.31. The molecule has 0 fully saturated rings. The van der Waals surface area contributed by atoms with E-state index >= 15 is 0 Å². The molecular formula is C19H18N2O4S. The van der Waals surface area contributed by atoms with Gasteiger partial charge in [0.05, 0.1) is 17.9 Å². The summed E-state index contributed by atoms with van der Waals surface area (Å²) in [6.45, 7) is 2.61. The van der Waals surface area contributed by atoms with Crippen LogP contribution in [0.4, 0.5) is 11.4 Å². The van der Waals surface area contributed by atoms with Gasteiger partial charge in [-0.3, -0.25) is 9.59 Å². The van der Waals surface area contributed by atoms with Gasteiger partial charge in [0, 0.05) is 28.8 Å². The van der Waals surface area contributed by atoms with Crippen LogP contribution in [0.25, 0.3) is 0 Å². The molecule has 2 aliphatic rings. The number of hydrogen-bond donors (Lipinski definition) is 1. The summed E-state index contributed by atoms with van der Waals surface area (Å²) in [5, 5.41) is 2.86. The maximum absolute atomic E-state index is 12.6. The number of hydrogen-bond acceptors (Lipinski definition) is 6. The van der Waals surface area contributed by atoms with Crippen molar-refractivity contribution in [1.82, 2.24) is 0 Å². The molecule has 0 aromatic heterocycles. The van der Waals surface area contributed by atoms with E-state index < -0.39 is 0 Å². The van der Waals surface area contributed by atoms with Gasteiger partial charge in [0.1, 0.15) is 0 Å². The van der Waals surface area contributed by atoms with Gasteiger partial charge in [-0.2, -0.15) is 0 Å². The molecule has 2 aromatic carbocycles. The molecule has 0 bridgehead atoms. The number of anilines is 2. The largest absolute Gasteiger partial charge is 0.454 e. The van der Waals surface area contributed by atoms with Crippen LogP contribution in [-0.4, -0.2) is 37.3 Å². The lowest BCUT2D eigenvalue weighted by molar-refractivity contribution is -0.115. The zero-order valence-electron chi connectivity index (χ0n) is 14.3. The lowest BCUT2D eigenvalue weighted by atomic mass is 10.1. The first-order chi connectivity index (χ1) is 12.6. The molecule has 0 spiro atoms. The van der Waals surface area contributed by atoms with Crippen LogP contribution in [0.3, 0.4) is 0 Å². The van der Waals surface area contributed by atoms with Gasteiger partial charge in [0.2, 0.25) is 12.7 Å². The summed E-state index contributed by atoms with van der Waals surface area (Å²) in [7, 11) is 0. The Morgan fingerprint density at radius 1 is 1.19 bits per heavy atom. The van der Waals surface area contributed by atoms with Gasteiger partial charge in [-0.15, -0.1) is 11.8 Å². The first-order valence-electron chi connectivity index (χ1n) is 8.33. The standard InChI is InChI=1S/C19H18N2O4S/c1-12(22)13-8-16-17(25-11-24-16)9-14(13)20-19(23)10-21-6-7-26-18-5-3-2-4-15(18)21/h2-5,8-9H,6-7,10-11H2,1H3,(H,20,23). The molecule has 2 aromatic rings. The normalized spacial score (nSPS) is 14.7. The first kappa shape index (κ1) is 16.8. The van der Waals surface area contributed by atoms with Crippen molar-refractivity contribution >= 4 is 34.8 Å². The van der Waals surface area contributed by atoms with Gasteiger partial charge in [-0.25, -0.2) is 0 Å². The number of carbonyl (C=O) groups is 2. The molecular weight excluding hydrogens is 352 g/mol. The Hall–Kier alpha value is -2.67.